The number of halogens is 3. The lowest BCUT2D eigenvalue weighted by Crippen LogP contribution is -2.29. The average Bonchev–Trinajstić information content (AvgIpc) is 2.51. The molecule has 0 spiro atoms. The maximum absolute atomic E-state index is 12.5. The maximum atomic E-state index is 12.5. The quantitative estimate of drug-likeness (QED) is 0.817. The molecule has 1 aromatic carbocycles. The van der Waals surface area contributed by atoms with Crippen LogP contribution < -0.4 is 15.6 Å². The largest absolute Gasteiger partial charge is 0.492 e. The molecule has 1 amide bonds. The van der Waals surface area contributed by atoms with Crippen LogP contribution in [0.2, 0.25) is 0 Å². The molecule has 9 heteroatoms. The van der Waals surface area contributed by atoms with Gasteiger partial charge in [-0.1, -0.05) is 6.07 Å². The van der Waals surface area contributed by atoms with Crippen LogP contribution >= 0.6 is 0 Å². The van der Waals surface area contributed by atoms with Crippen LogP contribution in [0, 0.1) is 0 Å². The third kappa shape index (κ3) is 4.83. The Balaban J connectivity index is 1.82. The highest BCUT2D eigenvalue weighted by Crippen LogP contribution is 2.31. The van der Waals surface area contributed by atoms with Crippen LogP contribution in [0.5, 0.6) is 5.75 Å². The van der Waals surface area contributed by atoms with E-state index in [2.05, 4.69) is 15.5 Å². The van der Waals surface area contributed by atoms with Crippen molar-refractivity contribution in [2.45, 2.75) is 6.18 Å². The van der Waals surface area contributed by atoms with Crippen molar-refractivity contribution in [2.75, 3.05) is 13.2 Å². The molecule has 1 aromatic heterocycles. The molecule has 0 atom stereocenters. The van der Waals surface area contributed by atoms with Gasteiger partial charge >= 0.3 is 6.18 Å². The van der Waals surface area contributed by atoms with Gasteiger partial charge in [0.25, 0.3) is 11.5 Å². The first-order valence-corrected chi connectivity index (χ1v) is 6.50. The summed E-state index contributed by atoms with van der Waals surface area (Å²) in [6.45, 7) is 0.0479. The van der Waals surface area contributed by atoms with Gasteiger partial charge in [-0.25, -0.2) is 5.10 Å². The van der Waals surface area contributed by atoms with Crippen LogP contribution in [-0.4, -0.2) is 29.3 Å². The predicted octanol–water partition coefficient (Wildman–Crippen LogP) is 1.60. The van der Waals surface area contributed by atoms with E-state index in [1.807, 2.05) is 0 Å². The number of rotatable bonds is 5. The number of amides is 1. The second-order valence-electron chi connectivity index (χ2n) is 4.44. The number of ether oxygens (including phenoxy) is 1. The van der Waals surface area contributed by atoms with Crippen molar-refractivity contribution in [3.8, 4) is 5.75 Å². The molecule has 2 aromatic rings. The van der Waals surface area contributed by atoms with Crippen molar-refractivity contribution in [3.05, 3.63) is 58.0 Å². The Morgan fingerprint density at radius 2 is 2.04 bits per heavy atom. The van der Waals surface area contributed by atoms with Crippen LogP contribution in [0.15, 0.2) is 41.2 Å². The summed E-state index contributed by atoms with van der Waals surface area (Å²) in [6, 6.07) is 6.85. The summed E-state index contributed by atoms with van der Waals surface area (Å²) in [5, 5.41) is 8.11. The number of carbonyl (C=O) groups is 1. The van der Waals surface area contributed by atoms with Crippen LogP contribution in [0.4, 0.5) is 13.2 Å². The molecular weight excluding hydrogens is 315 g/mol. The number of aromatic amines is 1. The minimum absolute atomic E-state index is 0.0173. The van der Waals surface area contributed by atoms with E-state index in [-0.39, 0.29) is 24.6 Å². The van der Waals surface area contributed by atoms with Crippen LogP contribution in [0.1, 0.15) is 16.1 Å². The van der Waals surface area contributed by atoms with Gasteiger partial charge in [0.05, 0.1) is 12.1 Å². The fraction of sp³-hybridized carbons (Fsp3) is 0.214. The third-order valence-electron chi connectivity index (χ3n) is 2.73. The first-order chi connectivity index (χ1) is 10.9. The molecule has 2 rings (SSSR count). The molecule has 0 bridgehead atoms. The lowest BCUT2D eigenvalue weighted by molar-refractivity contribution is -0.137. The number of nitrogens with zero attached hydrogens (tertiary/aromatic N) is 1. The molecule has 1 heterocycles. The van der Waals surface area contributed by atoms with E-state index in [1.54, 1.807) is 0 Å². The number of H-pyrrole nitrogens is 1. The highest BCUT2D eigenvalue weighted by Gasteiger charge is 2.30. The van der Waals surface area contributed by atoms with Gasteiger partial charge < -0.3 is 10.1 Å². The van der Waals surface area contributed by atoms with Crippen LogP contribution in [0.25, 0.3) is 0 Å². The summed E-state index contributed by atoms with van der Waals surface area (Å²) < 4.78 is 42.8. The second-order valence-corrected chi connectivity index (χ2v) is 4.44. The van der Waals surface area contributed by atoms with E-state index < -0.39 is 23.2 Å². The summed E-state index contributed by atoms with van der Waals surface area (Å²) in [6.07, 6.45) is -4.44. The number of benzene rings is 1. The first kappa shape index (κ1) is 16.5. The van der Waals surface area contributed by atoms with Gasteiger partial charge in [0.15, 0.2) is 0 Å². The van der Waals surface area contributed by atoms with E-state index in [1.165, 1.54) is 18.2 Å². The molecule has 0 unspecified atom stereocenters. The van der Waals surface area contributed by atoms with Gasteiger partial charge in [-0.2, -0.15) is 18.3 Å². The molecule has 122 valence electrons. The zero-order valence-corrected chi connectivity index (χ0v) is 11.7. The van der Waals surface area contributed by atoms with Crippen molar-refractivity contribution in [2.24, 2.45) is 0 Å². The first-order valence-electron chi connectivity index (χ1n) is 6.50. The second kappa shape index (κ2) is 6.95. The Morgan fingerprint density at radius 3 is 2.70 bits per heavy atom. The van der Waals surface area contributed by atoms with Gasteiger partial charge in [0.2, 0.25) is 0 Å². The molecule has 0 radical (unpaired) electrons. The summed E-state index contributed by atoms with van der Waals surface area (Å²) in [5.41, 5.74) is -1.23. The summed E-state index contributed by atoms with van der Waals surface area (Å²) in [7, 11) is 0. The molecular formula is C14H12F3N3O3. The number of nitrogens with one attached hydrogen (secondary N) is 2. The highest BCUT2D eigenvalue weighted by molar-refractivity contribution is 5.91. The topological polar surface area (TPSA) is 84.1 Å². The fourth-order valence-electron chi connectivity index (χ4n) is 1.66. The SMILES string of the molecule is O=C(NCCOc1cccc(C(F)(F)F)c1)c1ccc(=O)[nH]n1. The predicted molar refractivity (Wildman–Crippen MR) is 74.1 cm³/mol. The highest BCUT2D eigenvalue weighted by atomic mass is 19.4. The van der Waals surface area contributed by atoms with Crippen LogP contribution in [-0.2, 0) is 6.18 Å². The lowest BCUT2D eigenvalue weighted by Gasteiger charge is -2.10. The van der Waals surface area contributed by atoms with Crippen molar-refractivity contribution >= 4 is 5.91 Å². The van der Waals surface area contributed by atoms with Gasteiger partial charge in [-0.3, -0.25) is 9.59 Å². The van der Waals surface area contributed by atoms with E-state index in [0.29, 0.717) is 0 Å². The molecule has 0 fully saturated rings. The molecule has 23 heavy (non-hydrogen) atoms. The molecule has 6 nitrogen and oxygen atoms in total. The maximum Gasteiger partial charge on any atom is 0.416 e. The monoisotopic (exact) mass is 327 g/mol. The number of hydrogen-bond acceptors (Lipinski definition) is 4. The normalized spacial score (nSPS) is 11.1. The van der Waals surface area contributed by atoms with Gasteiger partial charge in [0, 0.05) is 6.07 Å². The minimum atomic E-state index is -4.44. The number of aromatic nitrogens is 2. The van der Waals surface area contributed by atoms with Gasteiger partial charge in [-0.05, 0) is 24.3 Å². The number of carbonyl (C=O) groups excluding carboxylic acids is 1. The molecule has 0 aliphatic carbocycles. The zero-order valence-electron chi connectivity index (χ0n) is 11.7. The van der Waals surface area contributed by atoms with Gasteiger partial charge in [0.1, 0.15) is 18.1 Å². The zero-order chi connectivity index (χ0) is 16.9. The summed E-state index contributed by atoms with van der Waals surface area (Å²) in [4.78, 5) is 22.5. The van der Waals surface area contributed by atoms with E-state index in [0.717, 1.165) is 18.2 Å². The molecule has 2 N–H and O–H groups in total. The van der Waals surface area contributed by atoms with Crippen molar-refractivity contribution in [3.63, 3.8) is 0 Å². The Morgan fingerprint density at radius 1 is 1.26 bits per heavy atom. The summed E-state index contributed by atoms with van der Waals surface area (Å²) >= 11 is 0. The molecule has 0 saturated heterocycles. The summed E-state index contributed by atoms with van der Waals surface area (Å²) in [5.74, 6) is -0.481. The Hall–Kier alpha value is -2.84. The lowest BCUT2D eigenvalue weighted by atomic mass is 10.2. The molecule has 0 aliphatic rings. The van der Waals surface area contributed by atoms with Crippen molar-refractivity contribution in [1.82, 2.24) is 15.5 Å². The van der Waals surface area contributed by atoms with E-state index >= 15 is 0 Å². The van der Waals surface area contributed by atoms with Gasteiger partial charge in [-0.15, -0.1) is 0 Å². The van der Waals surface area contributed by atoms with Crippen LogP contribution in [0.3, 0.4) is 0 Å². The molecule has 0 aliphatic heterocycles. The third-order valence-corrected chi connectivity index (χ3v) is 2.73. The Kier molecular flexibility index (Phi) is 4.99. The average molecular weight is 327 g/mol. The Bertz CT molecular complexity index is 723. The fourth-order valence-corrected chi connectivity index (χ4v) is 1.66. The van der Waals surface area contributed by atoms with Crippen molar-refractivity contribution in [1.29, 1.82) is 0 Å². The van der Waals surface area contributed by atoms with E-state index in [4.69, 9.17) is 4.74 Å². The smallest absolute Gasteiger partial charge is 0.416 e. The number of alkyl halides is 3. The standard InChI is InChI=1S/C14H12F3N3O3/c15-14(16,17)9-2-1-3-10(8-9)23-7-6-18-13(22)11-4-5-12(21)20-19-11/h1-5,8H,6-7H2,(H,18,22)(H,20,21). The number of hydrogen-bond donors (Lipinski definition) is 2. The minimum Gasteiger partial charge on any atom is -0.492 e. The molecule has 0 saturated carbocycles. The van der Waals surface area contributed by atoms with E-state index in [9.17, 15) is 22.8 Å². The van der Waals surface area contributed by atoms with Crippen molar-refractivity contribution < 1.29 is 22.7 Å². The Labute approximate surface area is 128 Å².